The molecule has 0 atom stereocenters. The van der Waals surface area contributed by atoms with Gasteiger partial charge in [0.15, 0.2) is 5.79 Å². The molecule has 3 aliphatic heterocycles. The van der Waals surface area contributed by atoms with E-state index >= 15 is 4.39 Å². The van der Waals surface area contributed by atoms with Gasteiger partial charge in [-0.2, -0.15) is 8.78 Å². The molecule has 1 saturated heterocycles. The Labute approximate surface area is 191 Å². The second-order valence-electron chi connectivity index (χ2n) is 7.25. The number of hydrogen-bond acceptors (Lipinski definition) is 4. The third-order valence-electron chi connectivity index (χ3n) is 5.00. The molecule has 10 heteroatoms. The van der Waals surface area contributed by atoms with E-state index in [4.69, 9.17) is 39.8 Å². The number of amidine groups is 1. The molecule has 3 aliphatic rings. The van der Waals surface area contributed by atoms with Crippen molar-refractivity contribution in [2.45, 2.75) is 29.6 Å². The van der Waals surface area contributed by atoms with E-state index in [9.17, 15) is 8.78 Å². The van der Waals surface area contributed by atoms with Crippen LogP contribution in [0.1, 0.15) is 18.4 Å². The van der Waals surface area contributed by atoms with E-state index in [-0.39, 0.29) is 31.0 Å². The molecule has 0 spiro atoms. The van der Waals surface area contributed by atoms with Crippen LogP contribution in [-0.4, -0.2) is 41.4 Å². The number of aliphatic imine (C=N–C) groups is 1. The summed E-state index contributed by atoms with van der Waals surface area (Å²) in [4.78, 5) is 7.00. The summed E-state index contributed by atoms with van der Waals surface area (Å²) in [7, 11) is 0. The molecule has 3 nitrogen and oxygen atoms in total. The van der Waals surface area contributed by atoms with Crippen molar-refractivity contribution in [2.24, 2.45) is 4.99 Å². The van der Waals surface area contributed by atoms with Gasteiger partial charge < -0.3 is 4.90 Å². The van der Waals surface area contributed by atoms with E-state index in [0.29, 0.717) is 26.5 Å². The lowest BCUT2D eigenvalue weighted by Crippen LogP contribution is -2.58. The fourth-order valence-corrected chi connectivity index (χ4v) is 4.99. The molecular weight excluding hydrogens is 478 g/mol. The highest BCUT2D eigenvalue weighted by molar-refractivity contribution is 7.99. The zero-order valence-corrected chi connectivity index (χ0v) is 18.7. The van der Waals surface area contributed by atoms with Crippen LogP contribution in [0.4, 0.5) is 18.9 Å². The highest BCUT2D eigenvalue weighted by Crippen LogP contribution is 2.40. The van der Waals surface area contributed by atoms with Crippen molar-refractivity contribution in [3.63, 3.8) is 0 Å². The average Bonchev–Trinajstić information content (AvgIpc) is 2.68. The zero-order chi connectivity index (χ0) is 21.5. The minimum atomic E-state index is -3.40. The maximum absolute atomic E-state index is 15.1. The van der Waals surface area contributed by atoms with Crippen LogP contribution in [0.2, 0.25) is 15.1 Å². The monoisotopic (exact) mass is 493 g/mol. The van der Waals surface area contributed by atoms with Gasteiger partial charge in [0.1, 0.15) is 5.84 Å². The van der Waals surface area contributed by atoms with Gasteiger partial charge in [-0.25, -0.2) is 14.7 Å². The maximum atomic E-state index is 15.1. The van der Waals surface area contributed by atoms with Crippen molar-refractivity contribution in [3.05, 3.63) is 57.0 Å². The molecule has 30 heavy (non-hydrogen) atoms. The molecule has 4 bridgehead atoms. The second-order valence-corrected chi connectivity index (χ2v) is 9.51. The minimum Gasteiger partial charge on any atom is -0.356 e. The predicted octanol–water partition coefficient (Wildman–Crippen LogP) is 6.77. The smallest absolute Gasteiger partial charge is 0.314 e. The van der Waals surface area contributed by atoms with Crippen molar-refractivity contribution >= 4 is 58.1 Å². The SMILES string of the molecule is FC1(F)CSc2cc(c(Cl)cc2Cl)N=C(c2ccc(Cl)cc2)N2CCC(F)(CC2)N1. The Morgan fingerprint density at radius 3 is 2.30 bits per heavy atom. The van der Waals surface area contributed by atoms with Crippen LogP contribution in [0.3, 0.4) is 0 Å². The van der Waals surface area contributed by atoms with Crippen molar-refractivity contribution < 1.29 is 13.2 Å². The lowest BCUT2D eigenvalue weighted by Gasteiger charge is -2.40. The molecule has 5 rings (SSSR count). The number of alkyl halides is 3. The summed E-state index contributed by atoms with van der Waals surface area (Å²) in [5.74, 6) is -2.27. The quantitative estimate of drug-likeness (QED) is 0.443. The number of rotatable bonds is 1. The zero-order valence-electron chi connectivity index (χ0n) is 15.6. The van der Waals surface area contributed by atoms with Crippen LogP contribution in [0.25, 0.3) is 0 Å². The predicted molar refractivity (Wildman–Crippen MR) is 118 cm³/mol. The number of nitrogens with zero attached hydrogens (tertiary/aromatic N) is 2. The molecule has 0 unspecified atom stereocenters. The normalized spacial score (nSPS) is 20.7. The summed E-state index contributed by atoms with van der Waals surface area (Å²) in [5, 5.41) is 3.03. The Balaban J connectivity index is 1.84. The number of nitrogens with one attached hydrogen (secondary N) is 1. The summed E-state index contributed by atoms with van der Waals surface area (Å²) in [6.45, 7) is 0.429. The Kier molecular flexibility index (Phi) is 6.21. The summed E-state index contributed by atoms with van der Waals surface area (Å²) in [6, 6.07) is 6.74. The number of hydrogen-bond donors (Lipinski definition) is 1. The standard InChI is InChI=1S/C20H17Cl3F3N3S/c21-13-3-1-12(2-4-13)18-27-16-10-17(15(23)9-14(16)22)30-11-20(25,26)28-19(24)5-7-29(18)8-6-19/h1-4,9-10,28H,5-8,11H2. The van der Waals surface area contributed by atoms with E-state index in [1.807, 2.05) is 22.3 Å². The number of halogens is 6. The van der Waals surface area contributed by atoms with Gasteiger partial charge in [-0.3, -0.25) is 0 Å². The van der Waals surface area contributed by atoms with Gasteiger partial charge in [0.25, 0.3) is 0 Å². The summed E-state index contributed by atoms with van der Waals surface area (Å²) < 4.78 is 44.0. The molecule has 0 saturated carbocycles. The van der Waals surface area contributed by atoms with E-state index in [1.54, 1.807) is 18.2 Å². The number of benzene rings is 2. The van der Waals surface area contributed by atoms with Crippen molar-refractivity contribution in [1.82, 2.24) is 10.2 Å². The molecule has 2 aromatic rings. The van der Waals surface area contributed by atoms with Gasteiger partial charge in [-0.1, -0.05) is 34.8 Å². The number of thioether (sulfide) groups is 1. The third-order valence-corrected chi connectivity index (χ3v) is 7.14. The molecule has 0 aliphatic carbocycles. The first-order chi connectivity index (χ1) is 14.1. The lowest BCUT2D eigenvalue weighted by molar-refractivity contribution is -0.0921. The van der Waals surface area contributed by atoms with Gasteiger partial charge in [0.05, 0.1) is 21.5 Å². The van der Waals surface area contributed by atoms with E-state index < -0.39 is 17.6 Å². The van der Waals surface area contributed by atoms with Gasteiger partial charge >= 0.3 is 6.05 Å². The fourth-order valence-electron chi connectivity index (χ4n) is 3.48. The van der Waals surface area contributed by atoms with Gasteiger partial charge in [-0.15, -0.1) is 11.8 Å². The molecule has 0 radical (unpaired) electrons. The summed E-state index contributed by atoms with van der Waals surface area (Å²) in [6.07, 6.45) is -0.210. The van der Waals surface area contributed by atoms with Gasteiger partial charge in [0.2, 0.25) is 0 Å². The molecule has 160 valence electrons. The topological polar surface area (TPSA) is 27.6 Å². The Hall–Kier alpha value is -1.12. The molecule has 0 amide bonds. The first-order valence-electron chi connectivity index (χ1n) is 9.22. The maximum Gasteiger partial charge on any atom is 0.314 e. The molecular formula is C20H17Cl3F3N3S. The molecule has 1 fully saturated rings. The average molecular weight is 495 g/mol. The summed E-state index contributed by atoms with van der Waals surface area (Å²) >= 11 is 19.4. The van der Waals surface area contributed by atoms with Crippen LogP contribution in [0.5, 0.6) is 0 Å². The lowest BCUT2D eigenvalue weighted by atomic mass is 10.0. The van der Waals surface area contributed by atoms with Crippen LogP contribution in [-0.2, 0) is 0 Å². The molecule has 0 aromatic heterocycles. The van der Waals surface area contributed by atoms with E-state index in [0.717, 1.165) is 17.3 Å². The highest BCUT2D eigenvalue weighted by Gasteiger charge is 2.44. The van der Waals surface area contributed by atoms with Crippen LogP contribution in [0, 0.1) is 0 Å². The van der Waals surface area contributed by atoms with Gasteiger partial charge in [-0.05, 0) is 36.4 Å². The minimum absolute atomic E-state index is 0.105. The number of piperidine rings is 1. The Morgan fingerprint density at radius 2 is 1.63 bits per heavy atom. The summed E-state index contributed by atoms with van der Waals surface area (Å²) in [5.41, 5.74) is 1.17. The number of fused-ring (bicyclic) bond motifs is 5. The molecule has 2 aromatic carbocycles. The second kappa shape index (κ2) is 8.43. The Morgan fingerprint density at radius 1 is 0.967 bits per heavy atom. The highest BCUT2D eigenvalue weighted by atomic mass is 35.5. The Bertz CT molecular complexity index is 977. The van der Waals surface area contributed by atoms with Crippen molar-refractivity contribution in [1.29, 1.82) is 0 Å². The largest absolute Gasteiger partial charge is 0.356 e. The van der Waals surface area contributed by atoms with Crippen molar-refractivity contribution in [2.75, 3.05) is 18.8 Å². The van der Waals surface area contributed by atoms with Crippen LogP contribution < -0.4 is 5.32 Å². The van der Waals surface area contributed by atoms with Crippen LogP contribution in [0.15, 0.2) is 46.3 Å². The molecule has 3 heterocycles. The van der Waals surface area contributed by atoms with Crippen molar-refractivity contribution in [3.8, 4) is 0 Å². The van der Waals surface area contributed by atoms with Crippen LogP contribution >= 0.6 is 46.6 Å². The van der Waals surface area contributed by atoms with Gasteiger partial charge in [0, 0.05) is 41.4 Å². The third kappa shape index (κ3) is 4.86. The first-order valence-corrected chi connectivity index (χ1v) is 11.3. The molecule has 1 N–H and O–H groups in total. The fraction of sp³-hybridized carbons (Fsp3) is 0.350. The van der Waals surface area contributed by atoms with E-state index in [1.165, 1.54) is 6.07 Å². The van der Waals surface area contributed by atoms with E-state index in [2.05, 4.69) is 0 Å². The first kappa shape index (κ1) is 22.1.